The zero-order chi connectivity index (χ0) is 12.3. The van der Waals surface area contributed by atoms with Crippen LogP contribution in [0.2, 0.25) is 5.02 Å². The highest BCUT2D eigenvalue weighted by Gasteiger charge is 2.21. The third-order valence-corrected chi connectivity index (χ3v) is 3.48. The Balaban J connectivity index is 2.13. The van der Waals surface area contributed by atoms with Crippen LogP contribution in [0, 0.1) is 0 Å². The van der Waals surface area contributed by atoms with Crippen LogP contribution in [0.4, 0.5) is 11.4 Å². The summed E-state index contributed by atoms with van der Waals surface area (Å²) in [7, 11) is 0. The van der Waals surface area contributed by atoms with Gasteiger partial charge in [0.15, 0.2) is 0 Å². The van der Waals surface area contributed by atoms with Gasteiger partial charge in [-0.25, -0.2) is 0 Å². The number of para-hydroxylation sites is 1. The number of nitrogen functional groups attached to an aromatic ring is 1. The molecule has 1 saturated heterocycles. The summed E-state index contributed by atoms with van der Waals surface area (Å²) in [5, 5.41) is 0.626. The molecule has 17 heavy (non-hydrogen) atoms. The molecule has 3 nitrogen and oxygen atoms in total. The number of rotatable bonds is 3. The molecule has 1 atom stereocenters. The fourth-order valence-corrected chi connectivity index (χ4v) is 2.50. The molecule has 0 amide bonds. The monoisotopic (exact) mass is 254 g/mol. The first-order chi connectivity index (χ1) is 8.22. The van der Waals surface area contributed by atoms with Gasteiger partial charge >= 0.3 is 0 Å². The van der Waals surface area contributed by atoms with Gasteiger partial charge in [-0.3, -0.25) is 0 Å². The number of hydrogen-bond acceptors (Lipinski definition) is 3. The molecule has 94 valence electrons. The first-order valence-electron chi connectivity index (χ1n) is 6.13. The van der Waals surface area contributed by atoms with E-state index in [0.29, 0.717) is 16.8 Å². The number of nitrogens with zero attached hydrogens (tertiary/aromatic N) is 1. The van der Waals surface area contributed by atoms with E-state index < -0.39 is 0 Å². The Kier molecular flexibility index (Phi) is 4.13. The second-order valence-corrected chi connectivity index (χ2v) is 4.75. The summed E-state index contributed by atoms with van der Waals surface area (Å²) in [6, 6.07) is 5.79. The van der Waals surface area contributed by atoms with Crippen molar-refractivity contribution >= 4 is 23.0 Å². The van der Waals surface area contributed by atoms with Crippen molar-refractivity contribution in [2.75, 3.05) is 30.3 Å². The van der Waals surface area contributed by atoms with Gasteiger partial charge in [0.05, 0.1) is 22.5 Å². The lowest BCUT2D eigenvalue weighted by Crippen LogP contribution is -2.40. The minimum absolute atomic E-state index is 0.312. The summed E-state index contributed by atoms with van der Waals surface area (Å²) in [5.41, 5.74) is 7.72. The van der Waals surface area contributed by atoms with Crippen LogP contribution in [-0.4, -0.2) is 25.8 Å². The van der Waals surface area contributed by atoms with Crippen LogP contribution < -0.4 is 10.6 Å². The Morgan fingerprint density at radius 1 is 1.53 bits per heavy atom. The van der Waals surface area contributed by atoms with E-state index in [2.05, 4.69) is 4.90 Å². The predicted molar refractivity (Wildman–Crippen MR) is 72.7 cm³/mol. The van der Waals surface area contributed by atoms with Crippen molar-refractivity contribution in [2.45, 2.75) is 25.9 Å². The molecule has 2 N–H and O–H groups in total. The number of hydrogen-bond donors (Lipinski definition) is 1. The summed E-state index contributed by atoms with van der Waals surface area (Å²) in [5.74, 6) is 0. The smallest absolute Gasteiger partial charge is 0.0750 e. The molecule has 0 saturated carbocycles. The Morgan fingerprint density at radius 2 is 2.35 bits per heavy atom. The molecule has 0 bridgehead atoms. The molecule has 1 aromatic carbocycles. The van der Waals surface area contributed by atoms with Gasteiger partial charge in [-0.1, -0.05) is 17.7 Å². The first kappa shape index (κ1) is 12.5. The fourth-order valence-electron chi connectivity index (χ4n) is 2.33. The Hall–Kier alpha value is -0.930. The zero-order valence-electron chi connectivity index (χ0n) is 10.2. The number of benzene rings is 1. The van der Waals surface area contributed by atoms with Crippen LogP contribution in [0.1, 0.15) is 19.8 Å². The van der Waals surface area contributed by atoms with Crippen molar-refractivity contribution in [3.05, 3.63) is 23.2 Å². The van der Waals surface area contributed by atoms with Crippen LogP contribution in [0.3, 0.4) is 0 Å². The Labute approximate surface area is 107 Å². The molecule has 4 heteroatoms. The van der Waals surface area contributed by atoms with Crippen molar-refractivity contribution in [2.24, 2.45) is 0 Å². The van der Waals surface area contributed by atoms with Crippen LogP contribution in [0.15, 0.2) is 18.2 Å². The number of anilines is 2. The predicted octanol–water partition coefficient (Wildman–Crippen LogP) is 2.93. The van der Waals surface area contributed by atoms with Crippen LogP contribution in [-0.2, 0) is 4.74 Å². The first-order valence-corrected chi connectivity index (χ1v) is 6.50. The third kappa shape index (κ3) is 2.85. The lowest BCUT2D eigenvalue weighted by atomic mass is 10.1. The largest absolute Gasteiger partial charge is 0.396 e. The van der Waals surface area contributed by atoms with Crippen molar-refractivity contribution in [1.29, 1.82) is 0 Å². The molecule has 1 aliphatic heterocycles. The number of piperidine rings is 1. The summed E-state index contributed by atoms with van der Waals surface area (Å²) in [6.07, 6.45) is 2.58. The average Bonchev–Trinajstić information content (AvgIpc) is 2.33. The van der Waals surface area contributed by atoms with Gasteiger partial charge < -0.3 is 15.4 Å². The van der Waals surface area contributed by atoms with Gasteiger partial charge in [-0.15, -0.1) is 0 Å². The maximum absolute atomic E-state index is 6.05. The number of halogens is 1. The molecule has 1 unspecified atom stereocenters. The van der Waals surface area contributed by atoms with Gasteiger partial charge in [-0.2, -0.15) is 0 Å². The van der Waals surface area contributed by atoms with Gasteiger partial charge in [0.1, 0.15) is 0 Å². The Bertz CT molecular complexity index is 382. The van der Waals surface area contributed by atoms with E-state index in [1.54, 1.807) is 0 Å². The molecule has 0 radical (unpaired) electrons. The summed E-state index contributed by atoms with van der Waals surface area (Å²) in [4.78, 5) is 2.27. The molecule has 0 spiro atoms. The zero-order valence-corrected chi connectivity index (χ0v) is 10.9. The van der Waals surface area contributed by atoms with Crippen LogP contribution in [0.5, 0.6) is 0 Å². The van der Waals surface area contributed by atoms with Gasteiger partial charge in [-0.05, 0) is 31.9 Å². The van der Waals surface area contributed by atoms with E-state index in [1.165, 1.54) is 0 Å². The third-order valence-electron chi connectivity index (χ3n) is 3.15. The second kappa shape index (κ2) is 5.61. The average molecular weight is 255 g/mol. The van der Waals surface area contributed by atoms with E-state index in [1.807, 2.05) is 25.1 Å². The minimum atomic E-state index is 0.312. The lowest BCUT2D eigenvalue weighted by Gasteiger charge is -2.34. The van der Waals surface area contributed by atoms with Crippen LogP contribution in [0.25, 0.3) is 0 Å². The molecular formula is C13H19ClN2O. The topological polar surface area (TPSA) is 38.5 Å². The van der Waals surface area contributed by atoms with Gasteiger partial charge in [0.25, 0.3) is 0 Å². The van der Waals surface area contributed by atoms with Crippen molar-refractivity contribution in [1.82, 2.24) is 0 Å². The molecular weight excluding hydrogens is 236 g/mol. The van der Waals surface area contributed by atoms with E-state index in [0.717, 1.165) is 38.2 Å². The quantitative estimate of drug-likeness (QED) is 0.843. The van der Waals surface area contributed by atoms with E-state index in [-0.39, 0.29) is 0 Å². The van der Waals surface area contributed by atoms with E-state index in [4.69, 9.17) is 22.1 Å². The number of nitrogens with two attached hydrogens (primary N) is 1. The highest BCUT2D eigenvalue weighted by molar-refractivity contribution is 6.33. The van der Waals surface area contributed by atoms with E-state index in [9.17, 15) is 0 Å². The lowest BCUT2D eigenvalue weighted by molar-refractivity contribution is 0.0527. The molecule has 1 aromatic rings. The minimum Gasteiger partial charge on any atom is -0.396 e. The summed E-state index contributed by atoms with van der Waals surface area (Å²) >= 11 is 6.05. The van der Waals surface area contributed by atoms with Crippen molar-refractivity contribution < 1.29 is 4.74 Å². The normalized spacial score (nSPS) is 20.6. The fraction of sp³-hybridized carbons (Fsp3) is 0.538. The summed E-state index contributed by atoms with van der Waals surface area (Å²) in [6.45, 7) is 4.72. The highest BCUT2D eigenvalue weighted by Crippen LogP contribution is 2.32. The molecule has 2 rings (SSSR count). The standard InChI is InChI=1S/C13H19ClN2O/c1-2-17-10-5-4-8-16(9-10)12-7-3-6-11(14)13(12)15/h3,6-7,10H,2,4-5,8-9,15H2,1H3. The Morgan fingerprint density at radius 3 is 3.12 bits per heavy atom. The highest BCUT2D eigenvalue weighted by atomic mass is 35.5. The molecule has 0 aromatic heterocycles. The van der Waals surface area contributed by atoms with Crippen molar-refractivity contribution in [3.63, 3.8) is 0 Å². The maximum Gasteiger partial charge on any atom is 0.0750 e. The maximum atomic E-state index is 6.05. The molecule has 0 aliphatic carbocycles. The molecule has 1 aliphatic rings. The summed E-state index contributed by atoms with van der Waals surface area (Å²) < 4.78 is 5.69. The van der Waals surface area contributed by atoms with Gasteiger partial charge in [0, 0.05) is 19.7 Å². The van der Waals surface area contributed by atoms with Crippen LogP contribution >= 0.6 is 11.6 Å². The number of ether oxygens (including phenoxy) is 1. The SMILES string of the molecule is CCOC1CCCN(c2cccc(Cl)c2N)C1. The van der Waals surface area contributed by atoms with E-state index >= 15 is 0 Å². The molecule has 1 fully saturated rings. The second-order valence-electron chi connectivity index (χ2n) is 4.34. The molecule has 1 heterocycles. The van der Waals surface area contributed by atoms with Crippen molar-refractivity contribution in [3.8, 4) is 0 Å². The van der Waals surface area contributed by atoms with Gasteiger partial charge in [0.2, 0.25) is 0 Å².